The van der Waals surface area contributed by atoms with Crippen LogP contribution >= 0.6 is 23.2 Å². The first-order valence-corrected chi connectivity index (χ1v) is 7.35. The lowest BCUT2D eigenvalue weighted by Gasteiger charge is -2.28. The zero-order chi connectivity index (χ0) is 16.3. The molecule has 0 radical (unpaired) electrons. The van der Waals surface area contributed by atoms with Gasteiger partial charge in [0, 0.05) is 17.9 Å². The first-order valence-electron chi connectivity index (χ1n) is 6.59. The molecule has 1 aromatic carbocycles. The number of aromatic nitrogens is 2. The molecule has 1 heterocycles. The molecule has 0 spiro atoms. The van der Waals surface area contributed by atoms with Gasteiger partial charge in [0.2, 0.25) is 5.28 Å². The molecule has 7 heteroatoms. The highest BCUT2D eigenvalue weighted by Crippen LogP contribution is 2.30. The number of nitrogens with zero attached hydrogens (tertiary/aromatic N) is 3. The van der Waals surface area contributed by atoms with Gasteiger partial charge in [-0.1, -0.05) is 11.6 Å². The Morgan fingerprint density at radius 2 is 2.00 bits per heavy atom. The molecular weight excluding hydrogens is 325 g/mol. The molecule has 0 unspecified atom stereocenters. The van der Waals surface area contributed by atoms with Gasteiger partial charge in [-0.15, -0.1) is 0 Å². The van der Waals surface area contributed by atoms with Crippen molar-refractivity contribution in [1.82, 2.24) is 9.97 Å². The Morgan fingerprint density at radius 3 is 2.59 bits per heavy atom. The average molecular weight is 340 g/mol. The normalized spacial score (nSPS) is 10.6. The molecular formula is C15H15Cl2N3O2. The lowest BCUT2D eigenvalue weighted by atomic mass is 10.1. The summed E-state index contributed by atoms with van der Waals surface area (Å²) in [6.45, 7) is 4.00. The Kier molecular flexibility index (Phi) is 5.21. The molecule has 0 aliphatic rings. The molecule has 5 nitrogen and oxygen atoms in total. The van der Waals surface area contributed by atoms with Crippen LogP contribution in [0.5, 0.6) is 0 Å². The number of anilines is 2. The van der Waals surface area contributed by atoms with Crippen molar-refractivity contribution in [1.29, 1.82) is 0 Å². The van der Waals surface area contributed by atoms with Crippen molar-refractivity contribution < 1.29 is 9.53 Å². The zero-order valence-electron chi connectivity index (χ0n) is 12.4. The fourth-order valence-electron chi connectivity index (χ4n) is 2.08. The van der Waals surface area contributed by atoms with Gasteiger partial charge in [0.15, 0.2) is 0 Å². The van der Waals surface area contributed by atoms with E-state index in [4.69, 9.17) is 27.9 Å². The summed E-state index contributed by atoms with van der Waals surface area (Å²) < 4.78 is 4.75. The molecule has 0 saturated heterocycles. The second-order valence-corrected chi connectivity index (χ2v) is 5.55. The second kappa shape index (κ2) is 6.94. The zero-order valence-corrected chi connectivity index (χ0v) is 13.9. The van der Waals surface area contributed by atoms with Crippen LogP contribution in [0.2, 0.25) is 10.3 Å². The number of rotatable bonds is 4. The van der Waals surface area contributed by atoms with Crippen molar-refractivity contribution in [3.63, 3.8) is 0 Å². The second-order valence-electron chi connectivity index (χ2n) is 4.80. The lowest BCUT2D eigenvalue weighted by Crippen LogP contribution is -2.26. The van der Waals surface area contributed by atoms with Gasteiger partial charge in [0.05, 0.1) is 17.7 Å². The topological polar surface area (TPSA) is 55.3 Å². The summed E-state index contributed by atoms with van der Waals surface area (Å²) in [5, 5.41) is 0.491. The maximum Gasteiger partial charge on any atom is 0.339 e. The Bertz CT molecular complexity index is 692. The molecule has 0 bridgehead atoms. The Morgan fingerprint density at radius 1 is 1.27 bits per heavy atom. The summed E-state index contributed by atoms with van der Waals surface area (Å²) in [5.41, 5.74) is 1.06. The van der Waals surface area contributed by atoms with Gasteiger partial charge >= 0.3 is 5.97 Å². The molecule has 22 heavy (non-hydrogen) atoms. The van der Waals surface area contributed by atoms with Crippen LogP contribution in [0, 0.1) is 0 Å². The standard InChI is InChI=1S/C15H15Cl2N3O2/c1-9(2)20(13-6-7-18-15(17)19-13)10-4-5-12(16)11(8-10)14(21)22-3/h4-9H,1-3H3. The Balaban J connectivity index is 2.52. The fourth-order valence-corrected chi connectivity index (χ4v) is 2.42. The monoisotopic (exact) mass is 339 g/mol. The molecule has 0 saturated carbocycles. The predicted molar refractivity (Wildman–Crippen MR) is 87.1 cm³/mol. The number of carbonyl (C=O) groups is 1. The quantitative estimate of drug-likeness (QED) is 0.619. The van der Waals surface area contributed by atoms with Crippen LogP contribution in [0.25, 0.3) is 0 Å². The molecule has 0 amide bonds. The molecule has 0 atom stereocenters. The van der Waals surface area contributed by atoms with Gasteiger partial charge in [-0.2, -0.15) is 0 Å². The van der Waals surface area contributed by atoms with Crippen molar-refractivity contribution in [3.8, 4) is 0 Å². The van der Waals surface area contributed by atoms with Crippen LogP contribution in [0.4, 0.5) is 11.5 Å². The number of benzene rings is 1. The van der Waals surface area contributed by atoms with Gasteiger partial charge < -0.3 is 9.64 Å². The van der Waals surface area contributed by atoms with Crippen LogP contribution in [0.3, 0.4) is 0 Å². The summed E-state index contributed by atoms with van der Waals surface area (Å²) in [6.07, 6.45) is 1.58. The maximum atomic E-state index is 11.8. The predicted octanol–water partition coefficient (Wildman–Crippen LogP) is 4.12. The van der Waals surface area contributed by atoms with Crippen molar-refractivity contribution in [2.24, 2.45) is 0 Å². The Hall–Kier alpha value is -1.85. The van der Waals surface area contributed by atoms with Gasteiger partial charge in [0.1, 0.15) is 5.82 Å². The Labute approximate surface area is 138 Å². The van der Waals surface area contributed by atoms with E-state index in [1.807, 2.05) is 24.8 Å². The third-order valence-electron chi connectivity index (χ3n) is 3.01. The molecule has 1 aromatic heterocycles. The van der Waals surface area contributed by atoms with Gasteiger partial charge in [-0.25, -0.2) is 14.8 Å². The molecule has 0 N–H and O–H groups in total. The van der Waals surface area contributed by atoms with Crippen LogP contribution < -0.4 is 4.90 Å². The van der Waals surface area contributed by atoms with Crippen molar-refractivity contribution in [2.75, 3.05) is 12.0 Å². The number of hydrogen-bond donors (Lipinski definition) is 0. The average Bonchev–Trinajstić information content (AvgIpc) is 2.48. The molecule has 0 fully saturated rings. The van der Waals surface area contributed by atoms with Crippen LogP contribution in [-0.2, 0) is 4.74 Å². The van der Waals surface area contributed by atoms with Gasteiger partial charge in [0.25, 0.3) is 0 Å². The minimum atomic E-state index is -0.490. The highest BCUT2D eigenvalue weighted by molar-refractivity contribution is 6.33. The molecule has 2 rings (SSSR count). The molecule has 116 valence electrons. The number of ether oxygens (including phenoxy) is 1. The van der Waals surface area contributed by atoms with Gasteiger partial charge in [-0.3, -0.25) is 0 Å². The van der Waals surface area contributed by atoms with E-state index in [1.165, 1.54) is 7.11 Å². The van der Waals surface area contributed by atoms with E-state index in [0.717, 1.165) is 5.69 Å². The van der Waals surface area contributed by atoms with Crippen LogP contribution in [0.15, 0.2) is 30.5 Å². The van der Waals surface area contributed by atoms with Crippen molar-refractivity contribution >= 4 is 40.7 Å². The number of carbonyl (C=O) groups excluding carboxylic acids is 1. The number of hydrogen-bond acceptors (Lipinski definition) is 5. The van der Waals surface area contributed by atoms with E-state index in [9.17, 15) is 4.79 Å². The molecule has 0 aliphatic heterocycles. The maximum absolute atomic E-state index is 11.8. The summed E-state index contributed by atoms with van der Waals surface area (Å²) in [4.78, 5) is 21.8. The van der Waals surface area contributed by atoms with Gasteiger partial charge in [-0.05, 0) is 49.7 Å². The third-order valence-corrected chi connectivity index (χ3v) is 3.52. The fraction of sp³-hybridized carbons (Fsp3) is 0.267. The summed E-state index contributed by atoms with van der Waals surface area (Å²) in [6, 6.07) is 6.96. The van der Waals surface area contributed by atoms with E-state index in [-0.39, 0.29) is 11.3 Å². The summed E-state index contributed by atoms with van der Waals surface area (Å²) in [5.74, 6) is 0.143. The largest absolute Gasteiger partial charge is 0.465 e. The molecule has 0 aliphatic carbocycles. The number of halogens is 2. The van der Waals surface area contributed by atoms with Crippen molar-refractivity contribution in [2.45, 2.75) is 19.9 Å². The minimum absolute atomic E-state index is 0.0811. The summed E-state index contributed by atoms with van der Waals surface area (Å²) in [7, 11) is 1.32. The smallest absolute Gasteiger partial charge is 0.339 e. The lowest BCUT2D eigenvalue weighted by molar-refractivity contribution is 0.0601. The first kappa shape index (κ1) is 16.5. The van der Waals surface area contributed by atoms with E-state index in [2.05, 4.69) is 9.97 Å². The van der Waals surface area contributed by atoms with E-state index in [0.29, 0.717) is 16.4 Å². The van der Waals surface area contributed by atoms with E-state index >= 15 is 0 Å². The first-order chi connectivity index (χ1) is 10.4. The van der Waals surface area contributed by atoms with E-state index in [1.54, 1.807) is 24.4 Å². The van der Waals surface area contributed by atoms with Crippen molar-refractivity contribution in [3.05, 3.63) is 46.3 Å². The highest BCUT2D eigenvalue weighted by atomic mass is 35.5. The summed E-state index contributed by atoms with van der Waals surface area (Å²) >= 11 is 11.9. The number of methoxy groups -OCH3 is 1. The third kappa shape index (κ3) is 3.48. The minimum Gasteiger partial charge on any atom is -0.465 e. The van der Waals surface area contributed by atoms with Crippen LogP contribution in [-0.4, -0.2) is 29.1 Å². The van der Waals surface area contributed by atoms with E-state index < -0.39 is 5.97 Å². The SMILES string of the molecule is COC(=O)c1cc(N(c2ccnc(Cl)n2)C(C)C)ccc1Cl. The highest BCUT2D eigenvalue weighted by Gasteiger charge is 2.19. The molecule has 2 aromatic rings. The number of esters is 1. The van der Waals surface area contributed by atoms with Crippen LogP contribution in [0.1, 0.15) is 24.2 Å².